The quantitative estimate of drug-likeness (QED) is 0.660. The zero-order valence-electron chi connectivity index (χ0n) is 12.3. The Morgan fingerprint density at radius 3 is 3.00 bits per heavy atom. The first-order valence-corrected chi connectivity index (χ1v) is 9.10. The Labute approximate surface area is 141 Å². The number of rotatable bonds is 2. The average molecular weight is 374 g/mol. The van der Waals surface area contributed by atoms with E-state index in [1.807, 2.05) is 29.5 Å². The third-order valence-electron chi connectivity index (χ3n) is 4.22. The predicted octanol–water partition coefficient (Wildman–Crippen LogP) is 5.32. The molecule has 3 aromatic rings. The molecule has 0 spiro atoms. The molecule has 0 amide bonds. The second kappa shape index (κ2) is 5.63. The molecule has 1 N–H and O–H groups in total. The van der Waals surface area contributed by atoms with Crippen molar-refractivity contribution in [3.8, 4) is 0 Å². The second-order valence-corrected chi connectivity index (χ2v) is 7.80. The van der Waals surface area contributed by atoms with Crippen LogP contribution in [-0.4, -0.2) is 9.97 Å². The zero-order chi connectivity index (χ0) is 15.1. The van der Waals surface area contributed by atoms with E-state index in [9.17, 15) is 0 Å². The van der Waals surface area contributed by atoms with Crippen molar-refractivity contribution in [3.63, 3.8) is 0 Å². The molecule has 0 saturated carbocycles. The van der Waals surface area contributed by atoms with Gasteiger partial charge >= 0.3 is 0 Å². The minimum atomic E-state index is 0.771. The number of anilines is 2. The first kappa shape index (κ1) is 14.2. The molecule has 1 unspecified atom stereocenters. The molecule has 112 valence electrons. The van der Waals surface area contributed by atoms with E-state index < -0.39 is 0 Å². The van der Waals surface area contributed by atoms with E-state index in [0.29, 0.717) is 0 Å². The van der Waals surface area contributed by atoms with Gasteiger partial charge in [0.2, 0.25) is 0 Å². The van der Waals surface area contributed by atoms with E-state index in [2.05, 4.69) is 44.2 Å². The van der Waals surface area contributed by atoms with Crippen molar-refractivity contribution >= 4 is 49.0 Å². The minimum absolute atomic E-state index is 0.771. The van der Waals surface area contributed by atoms with Gasteiger partial charge in [-0.3, -0.25) is 0 Å². The molecule has 3 nitrogen and oxygen atoms in total. The van der Waals surface area contributed by atoms with Gasteiger partial charge in [-0.05, 0) is 58.8 Å². The summed E-state index contributed by atoms with van der Waals surface area (Å²) in [7, 11) is 0. The highest BCUT2D eigenvalue weighted by Crippen LogP contribution is 2.40. The van der Waals surface area contributed by atoms with Gasteiger partial charge in [0.05, 0.1) is 11.1 Å². The number of nitrogens with zero attached hydrogens (tertiary/aromatic N) is 2. The molecule has 0 bridgehead atoms. The van der Waals surface area contributed by atoms with Crippen molar-refractivity contribution in [1.82, 2.24) is 9.97 Å². The smallest absolute Gasteiger partial charge is 0.142 e. The third-order valence-corrected chi connectivity index (χ3v) is 6.07. The van der Waals surface area contributed by atoms with Gasteiger partial charge in [-0.25, -0.2) is 9.97 Å². The van der Waals surface area contributed by atoms with Crippen LogP contribution in [0.1, 0.15) is 23.8 Å². The van der Waals surface area contributed by atoms with Crippen LogP contribution in [0.2, 0.25) is 0 Å². The topological polar surface area (TPSA) is 37.8 Å². The Kier molecular flexibility index (Phi) is 3.62. The van der Waals surface area contributed by atoms with Crippen molar-refractivity contribution < 1.29 is 0 Å². The van der Waals surface area contributed by atoms with E-state index in [-0.39, 0.29) is 0 Å². The second-order valence-electron chi connectivity index (χ2n) is 5.86. The van der Waals surface area contributed by atoms with Crippen LogP contribution in [0.4, 0.5) is 11.5 Å². The number of aryl methyl sites for hydroxylation is 1. The van der Waals surface area contributed by atoms with Crippen molar-refractivity contribution in [2.45, 2.75) is 26.2 Å². The summed E-state index contributed by atoms with van der Waals surface area (Å²) in [6.45, 7) is 2.33. The fourth-order valence-electron chi connectivity index (χ4n) is 3.06. The molecule has 0 saturated heterocycles. The third kappa shape index (κ3) is 2.42. The van der Waals surface area contributed by atoms with Crippen LogP contribution < -0.4 is 5.32 Å². The number of aromatic nitrogens is 2. The fraction of sp³-hybridized carbons (Fsp3) is 0.294. The molecule has 1 aliphatic carbocycles. The van der Waals surface area contributed by atoms with Gasteiger partial charge in [0.1, 0.15) is 17.0 Å². The van der Waals surface area contributed by atoms with Gasteiger partial charge < -0.3 is 5.32 Å². The van der Waals surface area contributed by atoms with Gasteiger partial charge in [-0.1, -0.05) is 19.1 Å². The molecule has 2 heterocycles. The van der Waals surface area contributed by atoms with Crippen molar-refractivity contribution in [3.05, 3.63) is 45.5 Å². The molecule has 2 aromatic heterocycles. The molecule has 0 fully saturated rings. The molecule has 0 aliphatic heterocycles. The van der Waals surface area contributed by atoms with E-state index >= 15 is 0 Å². The number of hydrogen-bond donors (Lipinski definition) is 1. The lowest BCUT2D eigenvalue weighted by atomic mass is 9.89. The van der Waals surface area contributed by atoms with Crippen LogP contribution in [0.5, 0.6) is 0 Å². The van der Waals surface area contributed by atoms with E-state index in [1.54, 1.807) is 6.33 Å². The molecule has 5 heteroatoms. The van der Waals surface area contributed by atoms with Crippen molar-refractivity contribution in [2.75, 3.05) is 5.32 Å². The van der Waals surface area contributed by atoms with Gasteiger partial charge in [-0.2, -0.15) is 0 Å². The molecule has 1 atom stereocenters. The average Bonchev–Trinajstić information content (AvgIpc) is 2.88. The summed E-state index contributed by atoms with van der Waals surface area (Å²) in [5, 5.41) is 4.68. The summed E-state index contributed by atoms with van der Waals surface area (Å²) < 4.78 is 1.04. The number of hydrogen-bond acceptors (Lipinski definition) is 4. The Balaban J connectivity index is 1.83. The number of benzene rings is 1. The number of fused-ring (bicyclic) bond motifs is 3. The summed E-state index contributed by atoms with van der Waals surface area (Å²) in [5.74, 6) is 1.69. The maximum Gasteiger partial charge on any atom is 0.142 e. The fourth-order valence-corrected chi connectivity index (χ4v) is 4.79. The summed E-state index contributed by atoms with van der Waals surface area (Å²) in [6, 6.07) is 8.12. The summed E-state index contributed by atoms with van der Waals surface area (Å²) >= 11 is 5.42. The first-order valence-electron chi connectivity index (χ1n) is 7.49. The summed E-state index contributed by atoms with van der Waals surface area (Å²) in [5.41, 5.74) is 2.49. The van der Waals surface area contributed by atoms with E-state index in [1.165, 1.54) is 28.7 Å². The van der Waals surface area contributed by atoms with Crippen LogP contribution in [-0.2, 0) is 12.8 Å². The Bertz CT molecular complexity index is 843. The normalized spacial score (nSPS) is 17.5. The maximum absolute atomic E-state index is 4.51. The maximum atomic E-state index is 4.51. The van der Waals surface area contributed by atoms with Gasteiger partial charge in [0.15, 0.2) is 0 Å². The van der Waals surface area contributed by atoms with E-state index in [4.69, 9.17) is 0 Å². The largest absolute Gasteiger partial charge is 0.339 e. The number of para-hydroxylation sites is 1. The molecule has 0 radical (unpaired) electrons. The first-order chi connectivity index (χ1) is 10.7. The lowest BCUT2D eigenvalue weighted by molar-refractivity contribution is 0.509. The van der Waals surface area contributed by atoms with Crippen LogP contribution in [0.25, 0.3) is 10.2 Å². The van der Waals surface area contributed by atoms with Crippen LogP contribution >= 0.6 is 27.3 Å². The van der Waals surface area contributed by atoms with Gasteiger partial charge in [0, 0.05) is 9.35 Å². The molecule has 22 heavy (non-hydrogen) atoms. The molecule has 1 aromatic carbocycles. The van der Waals surface area contributed by atoms with Crippen molar-refractivity contribution in [1.29, 1.82) is 0 Å². The lowest BCUT2D eigenvalue weighted by Gasteiger charge is -2.18. The minimum Gasteiger partial charge on any atom is -0.339 e. The van der Waals surface area contributed by atoms with Crippen LogP contribution in [0.3, 0.4) is 0 Å². The molecule has 4 rings (SSSR count). The number of thiophene rings is 1. The van der Waals surface area contributed by atoms with E-state index in [0.717, 1.165) is 33.1 Å². The lowest BCUT2D eigenvalue weighted by Crippen LogP contribution is -2.09. The summed E-state index contributed by atoms with van der Waals surface area (Å²) in [4.78, 5) is 11.6. The summed E-state index contributed by atoms with van der Waals surface area (Å²) in [6.07, 6.45) is 5.22. The highest BCUT2D eigenvalue weighted by Gasteiger charge is 2.23. The zero-order valence-corrected chi connectivity index (χ0v) is 14.7. The molecular formula is C17H16BrN3S. The Morgan fingerprint density at radius 1 is 1.27 bits per heavy atom. The standard InChI is InChI=1S/C17H16BrN3S/c1-10-6-7-11-14(8-10)22-17-15(11)16(19-9-20-17)21-13-5-3-2-4-12(13)18/h2-5,9-10H,6-8H2,1H3,(H,19,20,21). The number of halogens is 1. The highest BCUT2D eigenvalue weighted by atomic mass is 79.9. The Morgan fingerprint density at radius 2 is 2.14 bits per heavy atom. The SMILES string of the molecule is CC1CCc2c(sc3ncnc(Nc4ccccc4Br)c23)C1. The molecule has 1 aliphatic rings. The number of nitrogens with one attached hydrogen (secondary N) is 1. The predicted molar refractivity (Wildman–Crippen MR) is 96.0 cm³/mol. The highest BCUT2D eigenvalue weighted by molar-refractivity contribution is 9.10. The molecular weight excluding hydrogens is 358 g/mol. The Hall–Kier alpha value is -1.46. The van der Waals surface area contributed by atoms with Gasteiger partial charge in [0.25, 0.3) is 0 Å². The van der Waals surface area contributed by atoms with Crippen LogP contribution in [0.15, 0.2) is 35.1 Å². The van der Waals surface area contributed by atoms with Gasteiger partial charge in [-0.15, -0.1) is 11.3 Å². The monoisotopic (exact) mass is 373 g/mol. The van der Waals surface area contributed by atoms with Crippen molar-refractivity contribution in [2.24, 2.45) is 5.92 Å². The van der Waals surface area contributed by atoms with Crippen LogP contribution in [0, 0.1) is 5.92 Å².